The minimum atomic E-state index is -2.56. The highest BCUT2D eigenvalue weighted by Gasteiger charge is 2.39. The average molecular weight is 288 g/mol. The number of ether oxygens (including phenoxy) is 2. The Hall–Kier alpha value is -0.493. The van der Waals surface area contributed by atoms with Gasteiger partial charge in [0.2, 0.25) is 0 Å². The van der Waals surface area contributed by atoms with E-state index >= 15 is 0 Å². The Kier molecular flexibility index (Phi) is 8.41. The third kappa shape index (κ3) is 7.01. The molecule has 0 radical (unpaired) electrons. The van der Waals surface area contributed by atoms with Gasteiger partial charge in [0.15, 0.2) is 5.41 Å². The second kappa shape index (κ2) is 8.63. The fraction of sp³-hybridized carbons (Fsp3) is 0.786. The van der Waals surface area contributed by atoms with Crippen LogP contribution in [0.3, 0.4) is 0 Å². The normalized spacial score (nSPS) is 15.0. The number of hydrogen-bond acceptors (Lipinski definition) is 4. The highest BCUT2D eigenvalue weighted by Crippen LogP contribution is 2.20. The largest absolute Gasteiger partial charge is 0.363 e. The molecule has 0 aromatic heterocycles. The summed E-state index contributed by atoms with van der Waals surface area (Å²) >= 11 is 0. The summed E-state index contributed by atoms with van der Waals surface area (Å²) in [4.78, 5) is 12.0. The van der Waals surface area contributed by atoms with Crippen molar-refractivity contribution in [1.82, 2.24) is 0 Å². The van der Waals surface area contributed by atoms with Crippen LogP contribution in [-0.2, 0) is 18.7 Å². The monoisotopic (exact) mass is 288 g/mol. The molecule has 0 bridgehead atoms. The van der Waals surface area contributed by atoms with Crippen molar-refractivity contribution in [2.45, 2.75) is 72.3 Å². The molecule has 0 aromatic carbocycles. The molecule has 0 aromatic rings. The molecule has 0 heterocycles. The molecule has 19 heavy (non-hydrogen) atoms. The zero-order valence-electron chi connectivity index (χ0n) is 13.1. The maximum Gasteiger partial charge on any atom is 0.273 e. The van der Waals surface area contributed by atoms with Crippen molar-refractivity contribution >= 4 is 13.7 Å². The Morgan fingerprint density at radius 1 is 1.21 bits per heavy atom. The highest BCUT2D eigenvalue weighted by atomic mass is 28.4. The van der Waals surface area contributed by atoms with Gasteiger partial charge in [0, 0.05) is 0 Å². The van der Waals surface area contributed by atoms with Gasteiger partial charge in [-0.25, -0.2) is 0 Å². The van der Waals surface area contributed by atoms with Crippen molar-refractivity contribution in [3.05, 3.63) is 12.7 Å². The van der Waals surface area contributed by atoms with E-state index < -0.39 is 14.8 Å². The minimum Gasteiger partial charge on any atom is -0.363 e. The summed E-state index contributed by atoms with van der Waals surface area (Å²) in [6.45, 7) is 14.3. The first-order chi connectivity index (χ1) is 8.75. The molecule has 0 amide bonds. The molecular weight excluding hydrogens is 260 g/mol. The second-order valence-electron chi connectivity index (χ2n) is 5.33. The fourth-order valence-electron chi connectivity index (χ4n) is 1.68. The predicted octanol–water partition coefficient (Wildman–Crippen LogP) is 3.42. The maximum absolute atomic E-state index is 12.0. The van der Waals surface area contributed by atoms with Crippen LogP contribution in [0.4, 0.5) is 0 Å². The maximum atomic E-state index is 12.0. The van der Waals surface area contributed by atoms with Crippen molar-refractivity contribution in [3.63, 3.8) is 0 Å². The molecule has 1 atom stereocenters. The van der Waals surface area contributed by atoms with E-state index in [4.69, 9.17) is 13.9 Å². The number of allylic oxidation sites excluding steroid dienone is 1. The Balaban J connectivity index is 4.90. The first kappa shape index (κ1) is 18.5. The van der Waals surface area contributed by atoms with Crippen molar-refractivity contribution in [3.8, 4) is 0 Å². The van der Waals surface area contributed by atoms with E-state index in [1.54, 1.807) is 0 Å². The third-order valence-corrected chi connectivity index (χ3v) is 5.97. The van der Waals surface area contributed by atoms with E-state index in [1.165, 1.54) is 6.08 Å². The zero-order chi connectivity index (χ0) is 15.1. The Morgan fingerprint density at radius 3 is 2.00 bits per heavy atom. The van der Waals surface area contributed by atoms with Gasteiger partial charge in [0.1, 0.15) is 0 Å². The molecular formula is C14H28O4Si. The average Bonchev–Trinajstić information content (AvgIpc) is 2.26. The lowest BCUT2D eigenvalue weighted by atomic mass is 10.5. The first-order valence-corrected chi connectivity index (χ1v) is 9.52. The van der Waals surface area contributed by atoms with E-state index in [1.807, 2.05) is 41.2 Å². The lowest BCUT2D eigenvalue weighted by Crippen LogP contribution is -2.48. The molecule has 0 spiro atoms. The van der Waals surface area contributed by atoms with Gasteiger partial charge < -0.3 is 13.9 Å². The fourth-order valence-corrected chi connectivity index (χ4v) is 4.08. The van der Waals surface area contributed by atoms with Crippen LogP contribution >= 0.6 is 0 Å². The summed E-state index contributed by atoms with van der Waals surface area (Å²) in [6, 6.07) is 0.733. The smallest absolute Gasteiger partial charge is 0.273 e. The van der Waals surface area contributed by atoms with Crippen LogP contribution in [0.1, 0.15) is 41.0 Å². The predicted molar refractivity (Wildman–Crippen MR) is 79.2 cm³/mol. The molecule has 5 heteroatoms. The van der Waals surface area contributed by atoms with Crippen LogP contribution in [0.5, 0.6) is 0 Å². The van der Waals surface area contributed by atoms with E-state index in [0.29, 0.717) is 0 Å². The van der Waals surface area contributed by atoms with Crippen LogP contribution in [0.25, 0.3) is 0 Å². The molecule has 1 unspecified atom stereocenters. The molecule has 0 fully saturated rings. The van der Waals surface area contributed by atoms with Crippen molar-refractivity contribution in [2.24, 2.45) is 0 Å². The summed E-state index contributed by atoms with van der Waals surface area (Å²) in [5, 5.41) is -0.0148. The van der Waals surface area contributed by atoms with Crippen LogP contribution in [-0.4, -0.2) is 32.4 Å². The van der Waals surface area contributed by atoms with Gasteiger partial charge in [0.25, 0.3) is 14.8 Å². The van der Waals surface area contributed by atoms with E-state index in [0.717, 1.165) is 12.5 Å². The van der Waals surface area contributed by atoms with Crippen LogP contribution in [0.15, 0.2) is 12.7 Å². The molecule has 4 nitrogen and oxygen atoms in total. The summed E-state index contributed by atoms with van der Waals surface area (Å²) < 4.78 is 17.1. The minimum absolute atomic E-state index is 0.0148. The van der Waals surface area contributed by atoms with Gasteiger partial charge >= 0.3 is 0 Å². The number of carbonyl (C=O) groups is 1. The molecule has 0 saturated heterocycles. The van der Waals surface area contributed by atoms with Crippen LogP contribution < -0.4 is 0 Å². The Morgan fingerprint density at radius 2 is 1.68 bits per heavy atom. The van der Waals surface area contributed by atoms with Crippen LogP contribution in [0.2, 0.25) is 12.6 Å². The van der Waals surface area contributed by atoms with Crippen molar-refractivity contribution in [2.75, 3.05) is 0 Å². The molecule has 0 aliphatic rings. The van der Waals surface area contributed by atoms with Gasteiger partial charge in [-0.3, -0.25) is 4.79 Å². The molecule has 0 aliphatic heterocycles. The standard InChI is InChI=1S/C14H28O4Si/c1-8-10-19(7,13(15)9-2)18-14(16-11(3)4)17-12(5)6/h9,11-12,14H,2,8,10H2,1,3-7H3. The van der Waals surface area contributed by atoms with Crippen molar-refractivity contribution < 1.29 is 18.7 Å². The topological polar surface area (TPSA) is 44.8 Å². The lowest BCUT2D eigenvalue weighted by molar-refractivity contribution is -0.279. The first-order valence-electron chi connectivity index (χ1n) is 6.90. The molecule has 112 valence electrons. The zero-order valence-corrected chi connectivity index (χ0v) is 14.1. The van der Waals surface area contributed by atoms with E-state index in [2.05, 4.69) is 6.58 Å². The third-order valence-electron chi connectivity index (χ3n) is 2.56. The molecule has 0 aliphatic carbocycles. The van der Waals surface area contributed by atoms with E-state index in [9.17, 15) is 4.79 Å². The number of carbonyl (C=O) groups excluding carboxylic acids is 1. The molecule has 0 saturated carbocycles. The quantitative estimate of drug-likeness (QED) is 0.351. The van der Waals surface area contributed by atoms with E-state index in [-0.39, 0.29) is 17.6 Å². The summed E-state index contributed by atoms with van der Waals surface area (Å²) in [5.41, 5.74) is 0. The summed E-state index contributed by atoms with van der Waals surface area (Å²) in [6.07, 6.45) is 2.19. The SMILES string of the molecule is C=CC(=O)[Si](C)(CCC)OC(OC(C)C)OC(C)C. The Bertz CT molecular complexity index is 281. The second-order valence-corrected chi connectivity index (χ2v) is 9.02. The van der Waals surface area contributed by atoms with Crippen LogP contribution in [0, 0.1) is 0 Å². The lowest BCUT2D eigenvalue weighted by Gasteiger charge is -2.31. The molecule has 0 N–H and O–H groups in total. The number of rotatable bonds is 10. The van der Waals surface area contributed by atoms with Gasteiger partial charge in [0.05, 0.1) is 12.2 Å². The van der Waals surface area contributed by atoms with Gasteiger partial charge in [-0.15, -0.1) is 0 Å². The summed E-state index contributed by atoms with van der Waals surface area (Å²) in [7, 11) is -2.56. The number of hydrogen-bond donors (Lipinski definition) is 0. The molecule has 0 rings (SSSR count). The Labute approximate surface area is 118 Å². The van der Waals surface area contributed by atoms with Gasteiger partial charge in [-0.2, -0.15) is 0 Å². The summed E-state index contributed by atoms with van der Waals surface area (Å²) in [5.74, 6) is 0. The van der Waals surface area contributed by atoms with Gasteiger partial charge in [-0.05, 0) is 46.4 Å². The van der Waals surface area contributed by atoms with Crippen molar-refractivity contribution in [1.29, 1.82) is 0 Å². The van der Waals surface area contributed by atoms with Gasteiger partial charge in [-0.1, -0.05) is 19.9 Å². The highest BCUT2D eigenvalue weighted by molar-refractivity contribution is 7.02.